The molecular weight excluding hydrogens is 96.0 g/mol. The van der Waals surface area contributed by atoms with Gasteiger partial charge >= 0.3 is 6.03 Å². The van der Waals surface area contributed by atoms with Crippen LogP contribution in [0.3, 0.4) is 0 Å². The lowest BCUT2D eigenvalue weighted by Gasteiger charge is -1.78. The first-order valence-corrected chi connectivity index (χ1v) is 1.74. The van der Waals surface area contributed by atoms with Crippen molar-refractivity contribution < 1.29 is 9.59 Å². The molecule has 0 atom stereocenters. The molecule has 0 aromatic carbocycles. The molecule has 0 saturated carbocycles. The number of hydrogen-bond acceptors (Lipinski definition) is 2. The third-order valence-electron chi connectivity index (χ3n) is 0.571. The van der Waals surface area contributed by atoms with Crippen molar-refractivity contribution in [2.24, 2.45) is 0 Å². The van der Waals surface area contributed by atoms with E-state index in [9.17, 15) is 9.59 Å². The van der Waals surface area contributed by atoms with E-state index in [1.807, 2.05) is 5.32 Å². The van der Waals surface area contributed by atoms with E-state index >= 15 is 0 Å². The molecule has 1 heterocycles. The summed E-state index contributed by atoms with van der Waals surface area (Å²) in [7, 11) is 0. The van der Waals surface area contributed by atoms with Crippen molar-refractivity contribution in [2.75, 3.05) is 0 Å². The van der Waals surface area contributed by atoms with Gasteiger partial charge in [0.05, 0.1) is 0 Å². The van der Waals surface area contributed by atoms with Crippen LogP contribution in [0.15, 0.2) is 0 Å². The van der Waals surface area contributed by atoms with Gasteiger partial charge in [-0.15, -0.1) is 0 Å². The van der Waals surface area contributed by atoms with Gasteiger partial charge in [0, 0.05) is 0 Å². The molecule has 0 aliphatic carbocycles. The predicted molar refractivity (Wildman–Crippen MR) is 21.0 cm³/mol. The summed E-state index contributed by atoms with van der Waals surface area (Å²) in [6.45, 7) is 1.07. The second-order valence-corrected chi connectivity index (χ2v) is 1.11. The molecule has 1 rings (SSSR count). The Kier molecular flexibility index (Phi) is 0.714. The monoisotopic (exact) mass is 99.0 g/mol. The van der Waals surface area contributed by atoms with E-state index in [1.54, 1.807) is 0 Å². The lowest BCUT2D eigenvalue weighted by molar-refractivity contribution is -0.116. The molecule has 7 heavy (non-hydrogen) atoms. The number of carbonyl (C=O) groups is 2. The van der Waals surface area contributed by atoms with Gasteiger partial charge in [-0.25, -0.2) is 4.79 Å². The largest absolute Gasteiger partial charge is 0.323 e. The summed E-state index contributed by atoms with van der Waals surface area (Å²) in [5, 5.41) is 4.12. The van der Waals surface area contributed by atoms with E-state index in [-0.39, 0.29) is 5.91 Å². The van der Waals surface area contributed by atoms with Crippen molar-refractivity contribution in [3.63, 3.8) is 0 Å². The third kappa shape index (κ3) is 0.677. The molecule has 1 aliphatic rings. The summed E-state index contributed by atoms with van der Waals surface area (Å²) in [5.74, 6) is -0.384. The van der Waals surface area contributed by atoms with Crippen LogP contribution in [0.5, 0.6) is 0 Å². The van der Waals surface area contributed by atoms with Crippen LogP contribution >= 0.6 is 0 Å². The van der Waals surface area contributed by atoms with Crippen molar-refractivity contribution in [3.8, 4) is 0 Å². The summed E-state index contributed by atoms with van der Waals surface area (Å²) in [4.78, 5) is 20.0. The van der Waals surface area contributed by atoms with Crippen LogP contribution in [0.2, 0.25) is 0 Å². The zero-order chi connectivity index (χ0) is 5.28. The van der Waals surface area contributed by atoms with E-state index in [0.29, 0.717) is 0 Å². The summed E-state index contributed by atoms with van der Waals surface area (Å²) in [6.07, 6.45) is 0. The molecule has 3 amide bonds. The van der Waals surface area contributed by atoms with Crippen LogP contribution in [0.25, 0.3) is 0 Å². The fourth-order valence-corrected chi connectivity index (χ4v) is 0.315. The maximum Gasteiger partial charge on any atom is 0.322 e. The molecule has 4 nitrogen and oxygen atoms in total. The number of urea groups is 1. The highest BCUT2D eigenvalue weighted by Gasteiger charge is 2.15. The molecule has 0 bridgehead atoms. The van der Waals surface area contributed by atoms with Crippen LogP contribution in [0, 0.1) is 6.54 Å². The SMILES string of the molecule is O=C1[CH]NC(=O)N1. The predicted octanol–water partition coefficient (Wildman–Crippen LogP) is -1.01. The number of imide groups is 1. The minimum atomic E-state index is -0.454. The van der Waals surface area contributed by atoms with Gasteiger partial charge in [-0.2, -0.15) is 0 Å². The van der Waals surface area contributed by atoms with Gasteiger partial charge in [-0.05, 0) is 0 Å². The van der Waals surface area contributed by atoms with Crippen LogP contribution in [0.1, 0.15) is 0 Å². The second-order valence-electron chi connectivity index (χ2n) is 1.11. The van der Waals surface area contributed by atoms with E-state index in [4.69, 9.17) is 0 Å². The molecule has 4 heteroatoms. The molecule has 37 valence electrons. The van der Waals surface area contributed by atoms with Crippen molar-refractivity contribution in [1.82, 2.24) is 10.6 Å². The normalized spacial score (nSPS) is 18.9. The fourth-order valence-electron chi connectivity index (χ4n) is 0.315. The standard InChI is InChI=1S/C3H3N2O2/c6-2-1-4-3(7)5-2/h1H,(H2,4,5,6,7). The van der Waals surface area contributed by atoms with Gasteiger partial charge in [0.25, 0.3) is 5.91 Å². The highest BCUT2D eigenvalue weighted by Crippen LogP contribution is 1.79. The smallest absolute Gasteiger partial charge is 0.322 e. The summed E-state index contributed by atoms with van der Waals surface area (Å²) < 4.78 is 0. The molecule has 2 N–H and O–H groups in total. The summed E-state index contributed by atoms with van der Waals surface area (Å²) >= 11 is 0. The average Bonchev–Trinajstić information content (AvgIpc) is 1.87. The van der Waals surface area contributed by atoms with E-state index in [2.05, 4.69) is 5.32 Å². The number of amides is 3. The Labute approximate surface area is 39.9 Å². The summed E-state index contributed by atoms with van der Waals surface area (Å²) in [5.41, 5.74) is 0. The van der Waals surface area contributed by atoms with Crippen LogP contribution in [-0.2, 0) is 4.79 Å². The Morgan fingerprint density at radius 1 is 1.43 bits per heavy atom. The average molecular weight is 99.1 g/mol. The molecule has 1 fully saturated rings. The summed E-state index contributed by atoms with van der Waals surface area (Å²) in [6, 6.07) is -0.454. The number of carbonyl (C=O) groups excluding carboxylic acids is 2. The molecule has 1 radical (unpaired) electrons. The highest BCUT2D eigenvalue weighted by atomic mass is 16.2. The molecular formula is C3H3N2O2. The van der Waals surface area contributed by atoms with Gasteiger partial charge in [0.2, 0.25) is 0 Å². The van der Waals surface area contributed by atoms with Crippen molar-refractivity contribution in [2.45, 2.75) is 0 Å². The zero-order valence-corrected chi connectivity index (χ0v) is 3.39. The molecule has 0 aromatic rings. The molecule has 1 saturated heterocycles. The first-order chi connectivity index (χ1) is 3.29. The van der Waals surface area contributed by atoms with Crippen molar-refractivity contribution in [1.29, 1.82) is 0 Å². The third-order valence-corrected chi connectivity index (χ3v) is 0.571. The van der Waals surface area contributed by atoms with Gasteiger partial charge in [0.15, 0.2) is 0 Å². The maximum atomic E-state index is 10.0. The van der Waals surface area contributed by atoms with Crippen molar-refractivity contribution in [3.05, 3.63) is 6.54 Å². The van der Waals surface area contributed by atoms with Gasteiger partial charge in [-0.1, -0.05) is 0 Å². The molecule has 0 aromatic heterocycles. The molecule has 1 aliphatic heterocycles. The van der Waals surface area contributed by atoms with Crippen LogP contribution in [0.4, 0.5) is 4.79 Å². The topological polar surface area (TPSA) is 58.2 Å². The minimum Gasteiger partial charge on any atom is -0.323 e. The first kappa shape index (κ1) is 4.11. The Morgan fingerprint density at radius 2 is 2.14 bits per heavy atom. The lowest BCUT2D eigenvalue weighted by atomic mass is 10.7. The zero-order valence-electron chi connectivity index (χ0n) is 3.39. The second kappa shape index (κ2) is 1.22. The van der Waals surface area contributed by atoms with Crippen LogP contribution < -0.4 is 10.6 Å². The quantitative estimate of drug-likeness (QED) is 0.382. The Balaban J connectivity index is 2.55. The minimum absolute atomic E-state index is 0.384. The fraction of sp³-hybridized carbons (Fsp3) is 0. The highest BCUT2D eigenvalue weighted by molar-refractivity contribution is 6.05. The number of rotatable bonds is 0. The maximum absolute atomic E-state index is 10.0. The molecule has 0 spiro atoms. The van der Waals surface area contributed by atoms with E-state index in [0.717, 1.165) is 6.54 Å². The Morgan fingerprint density at radius 3 is 2.29 bits per heavy atom. The van der Waals surface area contributed by atoms with E-state index in [1.165, 1.54) is 0 Å². The van der Waals surface area contributed by atoms with Gasteiger partial charge in [0.1, 0.15) is 6.54 Å². The van der Waals surface area contributed by atoms with E-state index < -0.39 is 6.03 Å². The van der Waals surface area contributed by atoms with Crippen LogP contribution in [-0.4, -0.2) is 11.9 Å². The first-order valence-electron chi connectivity index (χ1n) is 1.74. The van der Waals surface area contributed by atoms with Crippen molar-refractivity contribution >= 4 is 11.9 Å². The number of hydrogen-bond donors (Lipinski definition) is 2. The Hall–Kier alpha value is -1.06. The Bertz CT molecular complexity index is 106. The molecule has 0 unspecified atom stereocenters. The van der Waals surface area contributed by atoms with Gasteiger partial charge < -0.3 is 5.32 Å². The lowest BCUT2D eigenvalue weighted by Crippen LogP contribution is -2.22. The van der Waals surface area contributed by atoms with Gasteiger partial charge in [-0.3, -0.25) is 10.1 Å². The number of nitrogens with one attached hydrogen (secondary N) is 2.